The summed E-state index contributed by atoms with van der Waals surface area (Å²) in [5.74, 6) is 2.55. The first-order valence-electron chi connectivity index (χ1n) is 13.0. The van der Waals surface area contributed by atoms with Crippen molar-refractivity contribution >= 4 is 33.0 Å². The van der Waals surface area contributed by atoms with E-state index in [0.29, 0.717) is 38.2 Å². The third-order valence-electron chi connectivity index (χ3n) is 7.37. The largest absolute Gasteiger partial charge is 0.497 e. The number of ether oxygens (including phenoxy) is 4. The SMILES string of the molecule is COc1ccc(C(=O)c2sc3nc(-c4cc(C)c(C)c(OC)c4)cc(-c4cc(C)c(OC)c(OC)c4)c3c2N)cc1. The molecule has 5 aromatic rings. The first-order valence-corrected chi connectivity index (χ1v) is 13.8. The van der Waals surface area contributed by atoms with Crippen molar-refractivity contribution in [2.24, 2.45) is 0 Å². The van der Waals surface area contributed by atoms with Crippen LogP contribution in [0, 0.1) is 20.8 Å². The van der Waals surface area contributed by atoms with Crippen molar-refractivity contribution in [3.63, 3.8) is 0 Å². The summed E-state index contributed by atoms with van der Waals surface area (Å²) in [5.41, 5.74) is 14.1. The summed E-state index contributed by atoms with van der Waals surface area (Å²) >= 11 is 1.29. The Labute approximate surface area is 243 Å². The minimum Gasteiger partial charge on any atom is -0.497 e. The van der Waals surface area contributed by atoms with E-state index in [1.54, 1.807) is 52.7 Å². The minimum atomic E-state index is -0.169. The molecule has 2 aromatic heterocycles. The number of carbonyl (C=O) groups is 1. The number of ketones is 1. The van der Waals surface area contributed by atoms with Crippen LogP contribution in [0.15, 0.2) is 54.6 Å². The molecule has 0 bridgehead atoms. The number of thiophene rings is 1. The second-order valence-electron chi connectivity index (χ2n) is 9.79. The molecule has 2 heterocycles. The van der Waals surface area contributed by atoms with Gasteiger partial charge in [0.25, 0.3) is 0 Å². The molecule has 0 spiro atoms. The molecule has 0 aliphatic heterocycles. The van der Waals surface area contributed by atoms with Crippen molar-refractivity contribution < 1.29 is 23.7 Å². The van der Waals surface area contributed by atoms with Crippen molar-refractivity contribution in [2.45, 2.75) is 20.8 Å². The van der Waals surface area contributed by atoms with Crippen LogP contribution < -0.4 is 24.7 Å². The van der Waals surface area contributed by atoms with Gasteiger partial charge >= 0.3 is 0 Å². The molecule has 210 valence electrons. The Morgan fingerprint density at radius 2 is 1.44 bits per heavy atom. The molecule has 0 saturated heterocycles. The van der Waals surface area contributed by atoms with Gasteiger partial charge in [-0.1, -0.05) is 0 Å². The number of hydrogen-bond acceptors (Lipinski definition) is 8. The van der Waals surface area contributed by atoms with Gasteiger partial charge in [-0.05, 0) is 103 Å². The van der Waals surface area contributed by atoms with Gasteiger partial charge in [-0.15, -0.1) is 11.3 Å². The molecule has 5 rings (SSSR count). The third-order valence-corrected chi connectivity index (χ3v) is 8.47. The van der Waals surface area contributed by atoms with E-state index in [1.165, 1.54) is 11.3 Å². The highest BCUT2D eigenvalue weighted by atomic mass is 32.1. The zero-order valence-corrected chi connectivity index (χ0v) is 25.0. The Kier molecular flexibility index (Phi) is 7.60. The molecule has 41 heavy (non-hydrogen) atoms. The first kappa shape index (κ1) is 28.0. The monoisotopic (exact) mass is 568 g/mol. The van der Waals surface area contributed by atoms with Crippen LogP contribution in [-0.2, 0) is 0 Å². The zero-order valence-electron chi connectivity index (χ0n) is 24.2. The normalized spacial score (nSPS) is 11.0. The van der Waals surface area contributed by atoms with Crippen LogP contribution in [0.2, 0.25) is 0 Å². The maximum atomic E-state index is 13.7. The van der Waals surface area contributed by atoms with E-state index < -0.39 is 0 Å². The van der Waals surface area contributed by atoms with E-state index in [-0.39, 0.29) is 5.78 Å². The van der Waals surface area contributed by atoms with E-state index >= 15 is 0 Å². The van der Waals surface area contributed by atoms with Gasteiger partial charge in [-0.25, -0.2) is 4.98 Å². The average molecular weight is 569 g/mol. The van der Waals surface area contributed by atoms with Gasteiger partial charge in [-0.2, -0.15) is 0 Å². The maximum Gasteiger partial charge on any atom is 0.205 e. The molecule has 7 nitrogen and oxygen atoms in total. The van der Waals surface area contributed by atoms with E-state index in [9.17, 15) is 4.79 Å². The number of benzene rings is 3. The maximum absolute atomic E-state index is 13.7. The molecular weight excluding hydrogens is 536 g/mol. The Morgan fingerprint density at radius 3 is 2.07 bits per heavy atom. The summed E-state index contributed by atoms with van der Waals surface area (Å²) < 4.78 is 22.2. The van der Waals surface area contributed by atoms with Gasteiger partial charge in [0.15, 0.2) is 11.5 Å². The second-order valence-corrected chi connectivity index (χ2v) is 10.8. The summed E-state index contributed by atoms with van der Waals surface area (Å²) in [7, 11) is 6.48. The fraction of sp³-hybridized carbons (Fsp3) is 0.212. The summed E-state index contributed by atoms with van der Waals surface area (Å²) in [6, 6.07) is 17.0. The molecule has 0 fully saturated rings. The molecule has 0 aliphatic carbocycles. The molecule has 0 unspecified atom stereocenters. The van der Waals surface area contributed by atoms with Crippen molar-refractivity contribution in [3.05, 3.63) is 81.7 Å². The number of fused-ring (bicyclic) bond motifs is 1. The fourth-order valence-electron chi connectivity index (χ4n) is 5.04. The standard InChI is InChI=1S/C33H32N2O5S/c1-17-12-22(15-26(38-5)19(17)3)25-16-24(21-13-18(2)31(40-7)27(14-21)39-6)28-29(34)32(41-33(28)35-25)30(36)20-8-10-23(37-4)11-9-20/h8-16H,34H2,1-7H3. The first-order chi connectivity index (χ1) is 19.7. The van der Waals surface area contributed by atoms with Gasteiger partial charge in [0.2, 0.25) is 5.78 Å². The van der Waals surface area contributed by atoms with Crippen molar-refractivity contribution in [2.75, 3.05) is 34.2 Å². The number of aryl methyl sites for hydroxylation is 2. The van der Waals surface area contributed by atoms with Crippen LogP contribution in [0.3, 0.4) is 0 Å². The number of anilines is 1. The summed E-state index contributed by atoms with van der Waals surface area (Å²) in [5, 5.41) is 0.720. The molecule has 8 heteroatoms. The third kappa shape index (κ3) is 4.95. The number of nitrogen functional groups attached to an aromatic ring is 1. The number of pyridine rings is 1. The Hall–Kier alpha value is -4.56. The molecule has 0 aliphatic rings. The lowest BCUT2D eigenvalue weighted by Crippen LogP contribution is -2.02. The van der Waals surface area contributed by atoms with Crippen LogP contribution in [-0.4, -0.2) is 39.2 Å². The van der Waals surface area contributed by atoms with Gasteiger partial charge in [0.05, 0.1) is 39.8 Å². The van der Waals surface area contributed by atoms with Crippen LogP contribution >= 0.6 is 11.3 Å². The van der Waals surface area contributed by atoms with Crippen molar-refractivity contribution in [1.82, 2.24) is 4.98 Å². The Balaban J connectivity index is 1.79. The average Bonchev–Trinajstić information content (AvgIpc) is 3.33. The topological polar surface area (TPSA) is 92.9 Å². The smallest absolute Gasteiger partial charge is 0.205 e. The molecule has 3 aromatic carbocycles. The van der Waals surface area contributed by atoms with Gasteiger partial charge < -0.3 is 24.7 Å². The van der Waals surface area contributed by atoms with Crippen molar-refractivity contribution in [1.29, 1.82) is 0 Å². The minimum absolute atomic E-state index is 0.169. The van der Waals surface area contributed by atoms with E-state index in [1.807, 2.05) is 45.0 Å². The second kappa shape index (κ2) is 11.1. The summed E-state index contributed by atoms with van der Waals surface area (Å²) in [6.07, 6.45) is 0. The number of rotatable bonds is 8. The number of methoxy groups -OCH3 is 4. The fourth-order valence-corrected chi connectivity index (χ4v) is 6.12. The number of aromatic nitrogens is 1. The summed E-state index contributed by atoms with van der Waals surface area (Å²) in [6.45, 7) is 6.05. The number of carbonyl (C=O) groups excluding carboxylic acids is 1. The zero-order chi connectivity index (χ0) is 29.4. The molecule has 0 atom stereocenters. The van der Waals surface area contributed by atoms with E-state index in [0.717, 1.165) is 50.2 Å². The van der Waals surface area contributed by atoms with Gasteiger partial charge in [0.1, 0.15) is 21.2 Å². The number of nitrogens with zero attached hydrogens (tertiary/aromatic N) is 1. The van der Waals surface area contributed by atoms with Crippen LogP contribution in [0.4, 0.5) is 5.69 Å². The highest BCUT2D eigenvalue weighted by Crippen LogP contribution is 2.45. The van der Waals surface area contributed by atoms with E-state index in [2.05, 4.69) is 6.07 Å². The molecule has 0 radical (unpaired) electrons. The lowest BCUT2D eigenvalue weighted by molar-refractivity contribution is 0.104. The predicted octanol–water partition coefficient (Wildman–Crippen LogP) is 7.40. The predicted molar refractivity (Wildman–Crippen MR) is 165 cm³/mol. The summed E-state index contributed by atoms with van der Waals surface area (Å²) in [4.78, 5) is 19.8. The highest BCUT2D eigenvalue weighted by Gasteiger charge is 2.24. The van der Waals surface area contributed by atoms with Crippen LogP contribution in [0.5, 0.6) is 23.0 Å². The van der Waals surface area contributed by atoms with Crippen LogP contribution in [0.25, 0.3) is 32.6 Å². The van der Waals surface area contributed by atoms with Crippen LogP contribution in [0.1, 0.15) is 31.9 Å². The van der Waals surface area contributed by atoms with Crippen molar-refractivity contribution in [3.8, 4) is 45.4 Å². The number of hydrogen-bond donors (Lipinski definition) is 1. The lowest BCUT2D eigenvalue weighted by atomic mass is 9.96. The quantitative estimate of drug-likeness (QED) is 0.195. The lowest BCUT2D eigenvalue weighted by Gasteiger charge is -2.15. The molecule has 2 N–H and O–H groups in total. The molecule has 0 amide bonds. The Bertz CT molecular complexity index is 1790. The highest BCUT2D eigenvalue weighted by molar-refractivity contribution is 7.21. The number of nitrogens with two attached hydrogens (primary N) is 1. The molecular formula is C33H32N2O5S. The molecule has 0 saturated carbocycles. The van der Waals surface area contributed by atoms with Gasteiger partial charge in [-0.3, -0.25) is 4.79 Å². The van der Waals surface area contributed by atoms with E-state index in [4.69, 9.17) is 29.7 Å². The van der Waals surface area contributed by atoms with Gasteiger partial charge in [0, 0.05) is 16.5 Å². The Morgan fingerprint density at radius 1 is 0.780 bits per heavy atom.